The Kier molecular flexibility index (Phi) is 10.9. The molecule has 17 heteroatoms. The first-order valence-electron chi connectivity index (χ1n) is 22.6. The summed E-state index contributed by atoms with van der Waals surface area (Å²) in [6.07, 6.45) is 10.2. The molecule has 3 N–H and O–H groups in total. The fourth-order valence-corrected chi connectivity index (χ4v) is 10.5. The molecule has 2 aromatic carbocycles. The van der Waals surface area contributed by atoms with Crippen LogP contribution in [0.5, 0.6) is 5.75 Å². The van der Waals surface area contributed by atoms with E-state index in [1.807, 2.05) is 65.1 Å². The molecule has 0 radical (unpaired) electrons. The number of fused-ring (bicyclic) bond motifs is 5. The Balaban J connectivity index is 0.976. The maximum absolute atomic E-state index is 16.9. The second-order valence-electron chi connectivity index (χ2n) is 19.0. The van der Waals surface area contributed by atoms with E-state index in [1.54, 1.807) is 33.5 Å². The number of imidazole rings is 2. The number of methoxy groups -OCH3 is 1. The number of benzene rings is 2. The van der Waals surface area contributed by atoms with Gasteiger partial charge < -0.3 is 34.4 Å². The minimum atomic E-state index is -0.763. The van der Waals surface area contributed by atoms with Gasteiger partial charge in [-0.15, -0.1) is 11.3 Å². The number of rotatable bonds is 10. The third kappa shape index (κ3) is 8.23. The van der Waals surface area contributed by atoms with Crippen molar-refractivity contribution < 1.29 is 33.0 Å². The van der Waals surface area contributed by atoms with Crippen molar-refractivity contribution in [1.29, 1.82) is 0 Å². The molecule has 2 saturated heterocycles. The Morgan fingerprint density at radius 1 is 0.908 bits per heavy atom. The van der Waals surface area contributed by atoms with Crippen LogP contribution in [-0.2, 0) is 20.7 Å². The van der Waals surface area contributed by atoms with Crippen molar-refractivity contribution in [1.82, 2.24) is 44.6 Å². The molecule has 0 bridgehead atoms. The summed E-state index contributed by atoms with van der Waals surface area (Å²) < 4.78 is 36.3. The van der Waals surface area contributed by atoms with E-state index in [0.717, 1.165) is 57.7 Å². The lowest BCUT2D eigenvalue weighted by Gasteiger charge is -2.30. The van der Waals surface area contributed by atoms with Gasteiger partial charge in [-0.1, -0.05) is 19.9 Å². The molecule has 1 aliphatic carbocycles. The largest absolute Gasteiger partial charge is 0.464 e. The maximum Gasteiger partial charge on any atom is 0.410 e. The molecule has 3 aliphatic heterocycles. The molecule has 4 aromatic heterocycles. The zero-order valence-electron chi connectivity index (χ0n) is 37.4. The van der Waals surface area contributed by atoms with Crippen molar-refractivity contribution >= 4 is 40.3 Å². The lowest BCUT2D eigenvalue weighted by Crippen LogP contribution is -2.51. The Morgan fingerprint density at radius 2 is 1.60 bits per heavy atom. The van der Waals surface area contributed by atoms with E-state index in [1.165, 1.54) is 26.0 Å². The van der Waals surface area contributed by atoms with Crippen LogP contribution in [0.15, 0.2) is 55.0 Å². The van der Waals surface area contributed by atoms with E-state index >= 15 is 4.39 Å². The van der Waals surface area contributed by atoms with Gasteiger partial charge in [-0.25, -0.2) is 28.9 Å². The predicted molar refractivity (Wildman–Crippen MR) is 243 cm³/mol. The molecule has 340 valence electrons. The average Bonchev–Trinajstić information content (AvgIpc) is 3.99. The molecule has 3 fully saturated rings. The third-order valence-corrected chi connectivity index (χ3v) is 13.9. The SMILES string of the molecule is COC(=O)NC(C(=O)N1CCC[C@H]1c1ncc(-c2cc(F)c3c(c2)OC(c2cnc(CC4CC4)s2)n2c-3cc3cc(-c4cnc([C@@H]5CCCN5C(=O)OC(C)(C)C)[nH]4)ccc32)[nH]1)C(C)C. The fraction of sp³-hybridized carbons (Fsp3) is 0.458. The van der Waals surface area contributed by atoms with Crippen LogP contribution in [0.2, 0.25) is 0 Å². The number of halogens is 1. The van der Waals surface area contributed by atoms with Gasteiger partial charge in [0, 0.05) is 42.2 Å². The van der Waals surface area contributed by atoms with Crippen LogP contribution in [-0.4, -0.2) is 89.2 Å². The molecule has 15 nitrogen and oxygen atoms in total. The van der Waals surface area contributed by atoms with Gasteiger partial charge in [0.25, 0.3) is 0 Å². The molecular weight excluding hydrogens is 850 g/mol. The van der Waals surface area contributed by atoms with E-state index < -0.39 is 29.8 Å². The molecule has 6 aromatic rings. The van der Waals surface area contributed by atoms with Gasteiger partial charge in [-0.3, -0.25) is 14.3 Å². The van der Waals surface area contributed by atoms with E-state index in [-0.39, 0.29) is 30.0 Å². The number of alkyl carbamates (subject to hydrolysis) is 1. The van der Waals surface area contributed by atoms with Crippen molar-refractivity contribution in [2.45, 2.75) is 110 Å². The Labute approximate surface area is 380 Å². The maximum atomic E-state index is 16.9. The molecule has 7 heterocycles. The first-order valence-corrected chi connectivity index (χ1v) is 23.4. The van der Waals surface area contributed by atoms with Crippen molar-refractivity contribution in [3.05, 3.63) is 82.3 Å². The molecule has 10 rings (SSSR count). The molecule has 65 heavy (non-hydrogen) atoms. The number of hydrogen-bond donors (Lipinski definition) is 3. The number of hydrogen-bond acceptors (Lipinski definition) is 10. The Morgan fingerprint density at radius 3 is 2.28 bits per heavy atom. The van der Waals surface area contributed by atoms with Crippen LogP contribution in [0.4, 0.5) is 14.0 Å². The quantitative estimate of drug-likeness (QED) is 0.121. The summed E-state index contributed by atoms with van der Waals surface area (Å²) in [4.78, 5) is 64.6. The average molecular weight is 904 g/mol. The summed E-state index contributed by atoms with van der Waals surface area (Å²) in [6, 6.07) is 10.2. The Bertz CT molecular complexity index is 2800. The number of thiazole rings is 1. The predicted octanol–water partition coefficient (Wildman–Crippen LogP) is 9.69. The highest BCUT2D eigenvalue weighted by atomic mass is 32.1. The van der Waals surface area contributed by atoms with Gasteiger partial charge in [0.1, 0.15) is 34.9 Å². The number of ether oxygens (including phenoxy) is 3. The van der Waals surface area contributed by atoms with Crippen molar-refractivity contribution in [3.8, 4) is 39.5 Å². The highest BCUT2D eigenvalue weighted by Gasteiger charge is 2.39. The smallest absolute Gasteiger partial charge is 0.410 e. The molecule has 3 amide bonds. The number of H-pyrrole nitrogens is 2. The zero-order valence-corrected chi connectivity index (χ0v) is 38.3. The number of nitrogens with zero attached hydrogens (tertiary/aromatic N) is 6. The first-order chi connectivity index (χ1) is 31.2. The van der Waals surface area contributed by atoms with Crippen molar-refractivity contribution in [2.75, 3.05) is 20.2 Å². The highest BCUT2D eigenvalue weighted by molar-refractivity contribution is 7.11. The number of likely N-dealkylation sites (tertiary alicyclic amines) is 2. The van der Waals surface area contributed by atoms with Gasteiger partial charge >= 0.3 is 12.2 Å². The summed E-state index contributed by atoms with van der Waals surface area (Å²) in [6.45, 7) is 10.5. The molecule has 0 spiro atoms. The van der Waals surface area contributed by atoms with Gasteiger partial charge in [0.05, 0.1) is 69.6 Å². The fourth-order valence-electron chi connectivity index (χ4n) is 9.48. The molecule has 2 unspecified atom stereocenters. The monoisotopic (exact) mass is 903 g/mol. The summed E-state index contributed by atoms with van der Waals surface area (Å²) in [7, 11) is 1.27. The number of carbonyl (C=O) groups excluding carboxylic acids is 3. The van der Waals surface area contributed by atoms with E-state index in [2.05, 4.69) is 25.9 Å². The molecule has 4 atom stereocenters. The second-order valence-corrected chi connectivity index (χ2v) is 20.2. The van der Waals surface area contributed by atoms with E-state index in [4.69, 9.17) is 29.2 Å². The van der Waals surface area contributed by atoms with Gasteiger partial charge in [-0.2, -0.15) is 0 Å². The summed E-state index contributed by atoms with van der Waals surface area (Å²) in [5.41, 5.74) is 4.15. The summed E-state index contributed by atoms with van der Waals surface area (Å²) in [5, 5.41) is 4.65. The number of carbonyl (C=O) groups is 3. The zero-order chi connectivity index (χ0) is 45.3. The molecule has 4 aliphatic rings. The van der Waals surface area contributed by atoms with E-state index in [0.29, 0.717) is 65.3 Å². The second kappa shape index (κ2) is 16.6. The van der Waals surface area contributed by atoms with Gasteiger partial charge in [0.15, 0.2) is 0 Å². The van der Waals surface area contributed by atoms with Crippen LogP contribution in [0.1, 0.15) is 113 Å². The van der Waals surface area contributed by atoms with Crippen LogP contribution in [0.25, 0.3) is 44.7 Å². The minimum Gasteiger partial charge on any atom is -0.464 e. The standard InChI is InChI=1S/C48H54FN9O6S/c1-25(2)41(55-46(60)62-6)44(59)56-15-7-9-34(56)42-52-23-32(54-42)28-19-30(49)40-36-20-29-18-27(31-22-51-43(53-31)35-10-8-16-57(35)47(61)64-48(3,4)5)13-14-33(29)58(36)45(63-37(40)21-28)38-24-50-39(65-38)17-26-11-12-26/h13-14,18-26,34-35,41,45H,7-12,15-17H2,1-6H3,(H,51,53)(H,52,54)(H,55,60)/t34-,35-,41?,45?/m0/s1. The Hall–Kier alpha value is -6.23. The number of aromatic nitrogens is 6. The van der Waals surface area contributed by atoms with Crippen molar-refractivity contribution in [3.63, 3.8) is 0 Å². The number of nitrogens with one attached hydrogen (secondary N) is 3. The van der Waals surface area contributed by atoms with Gasteiger partial charge in [0.2, 0.25) is 12.1 Å². The lowest BCUT2D eigenvalue weighted by molar-refractivity contribution is -0.135. The molecule has 1 saturated carbocycles. The van der Waals surface area contributed by atoms with Crippen LogP contribution in [0, 0.1) is 17.7 Å². The summed E-state index contributed by atoms with van der Waals surface area (Å²) >= 11 is 1.63. The van der Waals surface area contributed by atoms with Crippen LogP contribution >= 0.6 is 11.3 Å². The highest BCUT2D eigenvalue weighted by Crippen LogP contribution is 2.48. The normalized spacial score (nSPS) is 19.9. The number of aromatic amines is 2. The molecular formula is C48H54FN9O6S. The minimum absolute atomic E-state index is 0.168. The van der Waals surface area contributed by atoms with Crippen LogP contribution in [0.3, 0.4) is 0 Å². The topological polar surface area (TPSA) is 173 Å². The lowest BCUT2D eigenvalue weighted by atomic mass is 10.0. The third-order valence-electron chi connectivity index (χ3n) is 12.8. The van der Waals surface area contributed by atoms with E-state index in [9.17, 15) is 14.4 Å². The van der Waals surface area contributed by atoms with Gasteiger partial charge in [-0.05, 0) is 101 Å². The summed E-state index contributed by atoms with van der Waals surface area (Å²) in [5.74, 6) is 1.52. The van der Waals surface area contributed by atoms with Crippen LogP contribution < -0.4 is 10.1 Å². The first kappa shape index (κ1) is 42.7. The van der Waals surface area contributed by atoms with Crippen molar-refractivity contribution in [2.24, 2.45) is 11.8 Å². The number of amides is 3.